The van der Waals surface area contributed by atoms with Crippen LogP contribution < -0.4 is 32.7 Å². The minimum absolute atomic E-state index is 0.0422. The summed E-state index contributed by atoms with van der Waals surface area (Å²) in [6, 6.07) is -3.65. The van der Waals surface area contributed by atoms with Crippen molar-refractivity contribution in [2.24, 2.45) is 17.4 Å². The molecule has 0 radical (unpaired) electrons. The largest absolute Gasteiger partial charge is 0.481 e. The van der Waals surface area contributed by atoms with E-state index in [9.17, 15) is 29.1 Å². The lowest BCUT2D eigenvalue weighted by Gasteiger charge is -2.22. The van der Waals surface area contributed by atoms with Crippen molar-refractivity contribution in [3.63, 3.8) is 0 Å². The first-order valence-electron chi connectivity index (χ1n) is 10.0. The Balaban J connectivity index is 4.81. The standard InChI is InChI=1S/C18H33N7O7/c1-3-9(2)14(19)16(30)25-11(7-13(27)28)15(29)23-8-12(26)24-10(17(31)32)5-4-6-22-18(20)21/h9-11,14H,3-8,19H2,1-2H3,(H,23,29)(H,24,26)(H,25,30)(H,27,28)(H,31,32)(H4,20,21,22)/t9-,10-,11-,14-/m0/s1. The molecule has 0 heterocycles. The third-order valence-electron chi connectivity index (χ3n) is 4.61. The first kappa shape index (κ1) is 28.6. The molecule has 0 aromatic carbocycles. The highest BCUT2D eigenvalue weighted by molar-refractivity contribution is 5.94. The van der Waals surface area contributed by atoms with E-state index in [4.69, 9.17) is 22.0 Å². The van der Waals surface area contributed by atoms with Crippen LogP contribution in [0.3, 0.4) is 0 Å². The number of nitrogens with two attached hydrogens (primary N) is 2. The lowest BCUT2D eigenvalue weighted by molar-refractivity contribution is -0.142. The summed E-state index contributed by atoms with van der Waals surface area (Å²) < 4.78 is 0. The normalized spacial score (nSPS) is 14.2. The van der Waals surface area contributed by atoms with Gasteiger partial charge in [0.2, 0.25) is 17.7 Å². The summed E-state index contributed by atoms with van der Waals surface area (Å²) in [4.78, 5) is 58.8. The van der Waals surface area contributed by atoms with Gasteiger partial charge in [0.05, 0.1) is 19.0 Å². The highest BCUT2D eigenvalue weighted by Gasteiger charge is 2.28. The van der Waals surface area contributed by atoms with Gasteiger partial charge in [0, 0.05) is 6.54 Å². The monoisotopic (exact) mass is 459 g/mol. The highest BCUT2D eigenvalue weighted by atomic mass is 16.4. The SMILES string of the molecule is CC[C@H](C)[C@H](N)C(=O)N[C@@H](CC(=O)O)C(=O)NCC(=O)N[C@@H](CCCNC(=N)N)C(=O)O. The smallest absolute Gasteiger partial charge is 0.326 e. The van der Waals surface area contributed by atoms with Crippen LogP contribution >= 0.6 is 0 Å². The summed E-state index contributed by atoms with van der Waals surface area (Å²) in [5.41, 5.74) is 10.9. The quantitative estimate of drug-likeness (QED) is 0.0694. The molecule has 0 aliphatic rings. The fraction of sp³-hybridized carbons (Fsp3) is 0.667. The van der Waals surface area contributed by atoms with Gasteiger partial charge in [-0.05, 0) is 18.8 Å². The van der Waals surface area contributed by atoms with Crippen molar-refractivity contribution in [1.29, 1.82) is 5.41 Å². The zero-order valence-corrected chi connectivity index (χ0v) is 18.1. The van der Waals surface area contributed by atoms with Crippen molar-refractivity contribution in [2.75, 3.05) is 13.1 Å². The molecular weight excluding hydrogens is 426 g/mol. The van der Waals surface area contributed by atoms with Gasteiger partial charge in [0.25, 0.3) is 0 Å². The van der Waals surface area contributed by atoms with Crippen LogP contribution in [-0.4, -0.2) is 77.0 Å². The maximum Gasteiger partial charge on any atom is 0.326 e. The lowest BCUT2D eigenvalue weighted by Crippen LogP contribution is -2.55. The molecule has 0 aliphatic heterocycles. The van der Waals surface area contributed by atoms with E-state index >= 15 is 0 Å². The second kappa shape index (κ2) is 14.6. The van der Waals surface area contributed by atoms with Crippen molar-refractivity contribution in [2.45, 2.75) is 57.7 Å². The summed E-state index contributed by atoms with van der Waals surface area (Å²) >= 11 is 0. The van der Waals surface area contributed by atoms with Gasteiger partial charge in [0.1, 0.15) is 12.1 Å². The number of carbonyl (C=O) groups is 5. The summed E-state index contributed by atoms with van der Waals surface area (Å²) in [7, 11) is 0. The number of amides is 3. The number of hydrogen-bond donors (Lipinski definition) is 9. The third-order valence-corrected chi connectivity index (χ3v) is 4.61. The van der Waals surface area contributed by atoms with Crippen molar-refractivity contribution in [3.8, 4) is 0 Å². The summed E-state index contributed by atoms with van der Waals surface area (Å²) in [6.45, 7) is 3.16. The molecule has 0 rings (SSSR count). The molecule has 0 unspecified atom stereocenters. The average Bonchev–Trinajstić information content (AvgIpc) is 2.71. The third kappa shape index (κ3) is 11.7. The number of guanidine groups is 1. The Morgan fingerprint density at radius 1 is 1.00 bits per heavy atom. The fourth-order valence-electron chi connectivity index (χ4n) is 2.49. The van der Waals surface area contributed by atoms with Gasteiger partial charge in [-0.3, -0.25) is 24.6 Å². The summed E-state index contributed by atoms with van der Waals surface area (Å²) in [5, 5.41) is 34.4. The first-order valence-corrected chi connectivity index (χ1v) is 10.0. The van der Waals surface area contributed by atoms with Crippen LogP contribution in [0.5, 0.6) is 0 Å². The molecule has 0 bridgehead atoms. The number of aliphatic carboxylic acids is 2. The second-order valence-corrected chi connectivity index (χ2v) is 7.23. The maximum atomic E-state index is 12.3. The van der Waals surface area contributed by atoms with E-state index in [0.717, 1.165) is 0 Å². The molecule has 0 aromatic rings. The van der Waals surface area contributed by atoms with E-state index in [0.29, 0.717) is 12.8 Å². The minimum atomic E-state index is -1.46. The zero-order valence-electron chi connectivity index (χ0n) is 18.1. The highest BCUT2D eigenvalue weighted by Crippen LogP contribution is 2.06. The molecule has 0 fully saturated rings. The molecule has 0 saturated heterocycles. The number of carboxylic acid groups (broad SMARTS) is 2. The van der Waals surface area contributed by atoms with Crippen LogP contribution in [0, 0.1) is 11.3 Å². The van der Waals surface area contributed by atoms with Crippen molar-refractivity contribution >= 4 is 35.6 Å². The van der Waals surface area contributed by atoms with Crippen LogP contribution in [-0.2, 0) is 24.0 Å². The van der Waals surface area contributed by atoms with Gasteiger partial charge in [-0.25, -0.2) is 4.79 Å². The predicted molar refractivity (Wildman–Crippen MR) is 113 cm³/mol. The van der Waals surface area contributed by atoms with E-state index < -0.39 is 60.8 Å². The van der Waals surface area contributed by atoms with Gasteiger partial charge in [-0.2, -0.15) is 0 Å². The molecule has 32 heavy (non-hydrogen) atoms. The van der Waals surface area contributed by atoms with Crippen molar-refractivity contribution in [1.82, 2.24) is 21.3 Å². The zero-order chi connectivity index (χ0) is 24.8. The van der Waals surface area contributed by atoms with Gasteiger partial charge >= 0.3 is 11.9 Å². The topological polar surface area (TPSA) is 250 Å². The van der Waals surface area contributed by atoms with Crippen molar-refractivity contribution in [3.05, 3.63) is 0 Å². The van der Waals surface area contributed by atoms with Gasteiger partial charge < -0.3 is 42.9 Å². The molecule has 4 atom stereocenters. The van der Waals surface area contributed by atoms with Crippen LogP contribution in [0.4, 0.5) is 0 Å². The second-order valence-electron chi connectivity index (χ2n) is 7.23. The van der Waals surface area contributed by atoms with Gasteiger partial charge in [-0.15, -0.1) is 0 Å². The molecule has 0 aliphatic carbocycles. The molecule has 11 N–H and O–H groups in total. The molecular formula is C18H33N7O7. The van der Waals surface area contributed by atoms with Gasteiger partial charge in [0.15, 0.2) is 5.96 Å². The van der Waals surface area contributed by atoms with Gasteiger partial charge in [-0.1, -0.05) is 20.3 Å². The Bertz CT molecular complexity index is 701. The molecule has 14 heteroatoms. The molecule has 182 valence electrons. The summed E-state index contributed by atoms with van der Waals surface area (Å²) in [5.74, 6) is -5.55. The fourth-order valence-corrected chi connectivity index (χ4v) is 2.49. The Hall–Kier alpha value is -3.42. The van der Waals surface area contributed by atoms with Crippen LogP contribution in [0.1, 0.15) is 39.5 Å². The van der Waals surface area contributed by atoms with Crippen LogP contribution in [0.2, 0.25) is 0 Å². The average molecular weight is 460 g/mol. The molecule has 14 nitrogen and oxygen atoms in total. The van der Waals surface area contributed by atoms with Crippen LogP contribution in [0.15, 0.2) is 0 Å². The van der Waals surface area contributed by atoms with E-state index in [1.54, 1.807) is 6.92 Å². The molecule has 3 amide bonds. The number of carbonyl (C=O) groups excluding carboxylic acids is 3. The number of hydrogen-bond acceptors (Lipinski definition) is 7. The molecule has 0 aromatic heterocycles. The van der Waals surface area contributed by atoms with E-state index in [2.05, 4.69) is 21.3 Å². The molecule has 0 saturated carbocycles. The Morgan fingerprint density at radius 3 is 2.12 bits per heavy atom. The predicted octanol–water partition coefficient (Wildman–Crippen LogP) is -2.73. The van der Waals surface area contributed by atoms with E-state index in [1.165, 1.54) is 0 Å². The number of rotatable bonds is 15. The van der Waals surface area contributed by atoms with Crippen LogP contribution in [0.25, 0.3) is 0 Å². The Kier molecular flexibility index (Phi) is 13.0. The Morgan fingerprint density at radius 2 is 1.62 bits per heavy atom. The molecule has 0 spiro atoms. The Labute approximate surface area is 185 Å². The van der Waals surface area contributed by atoms with Crippen molar-refractivity contribution < 1.29 is 34.2 Å². The number of nitrogens with one attached hydrogen (secondary N) is 5. The summed E-state index contributed by atoms with van der Waals surface area (Å²) in [6.07, 6.45) is 0.209. The van der Waals surface area contributed by atoms with E-state index in [1.807, 2.05) is 6.92 Å². The minimum Gasteiger partial charge on any atom is -0.481 e. The first-order chi connectivity index (χ1) is 14.9. The van der Waals surface area contributed by atoms with E-state index in [-0.39, 0.29) is 24.8 Å². The number of carboxylic acids is 2. The maximum absolute atomic E-state index is 12.3. The lowest BCUT2D eigenvalue weighted by atomic mass is 9.99.